The minimum atomic E-state index is 0.212. The Morgan fingerprint density at radius 2 is 1.23 bits per heavy atom. The van der Waals surface area contributed by atoms with Gasteiger partial charge in [-0.2, -0.15) is 0 Å². The highest BCUT2D eigenvalue weighted by molar-refractivity contribution is 5.99. The van der Waals surface area contributed by atoms with E-state index in [2.05, 4.69) is 131 Å². The van der Waals surface area contributed by atoms with Crippen molar-refractivity contribution in [3.8, 4) is 0 Å². The smallest absolute Gasteiger partial charge is 0.0845 e. The lowest BCUT2D eigenvalue weighted by atomic mass is 9.85. The lowest BCUT2D eigenvalue weighted by Crippen LogP contribution is -2.19. The third-order valence-corrected chi connectivity index (χ3v) is 8.05. The van der Waals surface area contributed by atoms with Gasteiger partial charge in [-0.05, 0) is 108 Å². The van der Waals surface area contributed by atoms with Gasteiger partial charge in [0, 0.05) is 6.04 Å². The summed E-state index contributed by atoms with van der Waals surface area (Å²) in [5.74, 6) is 1.77. The molecule has 0 amide bonds. The maximum atomic E-state index is 5.29. The fourth-order valence-corrected chi connectivity index (χ4v) is 5.75. The molecule has 40 heavy (non-hydrogen) atoms. The molecule has 0 saturated heterocycles. The molecule has 1 unspecified atom stereocenters. The van der Waals surface area contributed by atoms with Gasteiger partial charge in [0.15, 0.2) is 0 Å². The summed E-state index contributed by atoms with van der Waals surface area (Å²) < 4.78 is 0. The minimum absolute atomic E-state index is 0.212. The van der Waals surface area contributed by atoms with Gasteiger partial charge in [0.25, 0.3) is 0 Å². The monoisotopic (exact) mass is 539 g/mol. The van der Waals surface area contributed by atoms with Crippen LogP contribution in [0.15, 0.2) is 47.5 Å². The normalized spacial score (nSPS) is 13.2. The average molecular weight is 540 g/mol. The van der Waals surface area contributed by atoms with E-state index in [-0.39, 0.29) is 6.04 Å². The minimum Gasteiger partial charge on any atom is -0.309 e. The molecular weight excluding hydrogens is 486 g/mol. The summed E-state index contributed by atoms with van der Waals surface area (Å²) in [6.07, 6.45) is 0.939. The molecule has 3 heteroatoms. The van der Waals surface area contributed by atoms with Crippen LogP contribution in [0.1, 0.15) is 156 Å². The fraction of sp³-hybridized carbons (Fsp3) is 0.514. The first-order chi connectivity index (χ1) is 18.8. The first-order valence-electron chi connectivity index (χ1n) is 15.4. The highest BCUT2D eigenvalue weighted by Crippen LogP contribution is 2.38. The van der Waals surface area contributed by atoms with Crippen molar-refractivity contribution >= 4 is 11.4 Å². The van der Waals surface area contributed by atoms with Gasteiger partial charge in [0.05, 0.1) is 22.8 Å². The van der Waals surface area contributed by atoms with Crippen LogP contribution in [0.4, 0.5) is 5.69 Å². The number of benzene rings is 2. The Kier molecular flexibility index (Phi) is 10.9. The van der Waals surface area contributed by atoms with E-state index in [1.165, 1.54) is 38.9 Å². The number of nitrogens with zero attached hydrogens (tertiary/aromatic N) is 2. The summed E-state index contributed by atoms with van der Waals surface area (Å²) in [5.41, 5.74) is 13.9. The lowest BCUT2D eigenvalue weighted by molar-refractivity contribution is 0.583. The SMILES string of the molecule is CCNC(C)c1cccc(C(C)=Nc2c(C(C)C)cc(Cc3cc(C(C)C)c(C)c(C(C)C)c3)cc2C(C)C)n1. The second kappa shape index (κ2) is 13.7. The van der Waals surface area contributed by atoms with E-state index in [0.29, 0.717) is 23.7 Å². The summed E-state index contributed by atoms with van der Waals surface area (Å²) in [4.78, 5) is 10.3. The topological polar surface area (TPSA) is 37.3 Å². The number of aliphatic imine (C=N–C) groups is 1. The van der Waals surface area contributed by atoms with Crippen LogP contribution in [0.2, 0.25) is 0 Å². The van der Waals surface area contributed by atoms with Crippen molar-refractivity contribution in [1.29, 1.82) is 0 Å². The Morgan fingerprint density at radius 1 is 0.750 bits per heavy atom. The Morgan fingerprint density at radius 3 is 1.68 bits per heavy atom. The molecule has 1 atom stereocenters. The van der Waals surface area contributed by atoms with Crippen molar-refractivity contribution in [2.45, 2.75) is 119 Å². The molecule has 3 nitrogen and oxygen atoms in total. The van der Waals surface area contributed by atoms with Crippen LogP contribution in [0.25, 0.3) is 0 Å². The third-order valence-electron chi connectivity index (χ3n) is 8.05. The van der Waals surface area contributed by atoms with Gasteiger partial charge < -0.3 is 5.32 Å². The molecule has 0 radical (unpaired) electrons. The second-order valence-corrected chi connectivity index (χ2v) is 12.7. The van der Waals surface area contributed by atoms with Gasteiger partial charge in [0.2, 0.25) is 0 Å². The number of rotatable bonds is 11. The molecule has 3 aromatic rings. The van der Waals surface area contributed by atoms with Crippen LogP contribution in [-0.4, -0.2) is 17.2 Å². The molecule has 0 spiro atoms. The molecule has 0 aliphatic heterocycles. The first kappa shape index (κ1) is 31.7. The highest BCUT2D eigenvalue weighted by Gasteiger charge is 2.19. The molecule has 0 saturated carbocycles. The van der Waals surface area contributed by atoms with Crippen molar-refractivity contribution in [3.05, 3.63) is 92.8 Å². The Labute approximate surface area is 245 Å². The molecule has 1 heterocycles. The van der Waals surface area contributed by atoms with Gasteiger partial charge in [0.1, 0.15) is 0 Å². The van der Waals surface area contributed by atoms with Crippen LogP contribution in [0.3, 0.4) is 0 Å². The van der Waals surface area contributed by atoms with E-state index < -0.39 is 0 Å². The lowest BCUT2D eigenvalue weighted by Gasteiger charge is -2.22. The van der Waals surface area contributed by atoms with Crippen LogP contribution >= 0.6 is 0 Å². The van der Waals surface area contributed by atoms with Gasteiger partial charge in [-0.1, -0.05) is 92.6 Å². The maximum Gasteiger partial charge on any atom is 0.0845 e. The predicted octanol–water partition coefficient (Wildman–Crippen LogP) is 10.3. The van der Waals surface area contributed by atoms with E-state index in [9.17, 15) is 0 Å². The van der Waals surface area contributed by atoms with Crippen LogP contribution in [-0.2, 0) is 6.42 Å². The van der Waals surface area contributed by atoms with Gasteiger partial charge >= 0.3 is 0 Å². The summed E-state index contributed by atoms with van der Waals surface area (Å²) in [5, 5.41) is 3.47. The fourth-order valence-electron chi connectivity index (χ4n) is 5.75. The molecular formula is C37H53N3. The molecule has 0 aliphatic rings. The van der Waals surface area contributed by atoms with Gasteiger partial charge in [-0.25, -0.2) is 4.98 Å². The summed E-state index contributed by atoms with van der Waals surface area (Å²) in [6, 6.07) is 16.2. The van der Waals surface area contributed by atoms with E-state index in [1.807, 2.05) is 0 Å². The third kappa shape index (κ3) is 7.49. The molecule has 0 aliphatic carbocycles. The number of pyridine rings is 1. The molecule has 216 valence electrons. The molecule has 0 bridgehead atoms. The van der Waals surface area contributed by atoms with E-state index in [1.54, 1.807) is 0 Å². The van der Waals surface area contributed by atoms with Crippen LogP contribution in [0.5, 0.6) is 0 Å². The molecule has 0 fully saturated rings. The van der Waals surface area contributed by atoms with Gasteiger partial charge in [-0.3, -0.25) is 4.99 Å². The zero-order valence-electron chi connectivity index (χ0n) is 27.2. The van der Waals surface area contributed by atoms with Crippen LogP contribution in [0, 0.1) is 6.92 Å². The Balaban J connectivity index is 2.11. The number of hydrogen-bond donors (Lipinski definition) is 1. The number of aromatic nitrogens is 1. The van der Waals surface area contributed by atoms with Gasteiger partial charge in [-0.15, -0.1) is 0 Å². The largest absolute Gasteiger partial charge is 0.309 e. The number of nitrogens with one attached hydrogen (secondary N) is 1. The zero-order valence-corrected chi connectivity index (χ0v) is 27.2. The molecule has 1 N–H and O–H groups in total. The van der Waals surface area contributed by atoms with Crippen molar-refractivity contribution in [3.63, 3.8) is 0 Å². The number of hydrogen-bond acceptors (Lipinski definition) is 3. The quantitative estimate of drug-likeness (QED) is 0.246. The van der Waals surface area contributed by atoms with Crippen LogP contribution < -0.4 is 5.32 Å². The van der Waals surface area contributed by atoms with Crippen molar-refractivity contribution in [2.24, 2.45) is 4.99 Å². The Bertz CT molecular complexity index is 1270. The Hall–Kier alpha value is -2.78. The van der Waals surface area contributed by atoms with Crippen molar-refractivity contribution < 1.29 is 0 Å². The maximum absolute atomic E-state index is 5.29. The standard InChI is InChI=1S/C37H53N3/c1-13-38-27(11)35-15-14-16-36(40-35)28(12)39-37-33(24(6)7)20-30(21-34(37)25(8)9)17-29-18-31(22(2)3)26(10)32(19-29)23(4)5/h14-16,18-25,27,38H,13,17H2,1-12H3. The average Bonchev–Trinajstić information content (AvgIpc) is 2.89. The first-order valence-corrected chi connectivity index (χ1v) is 15.4. The molecule has 1 aromatic heterocycles. The summed E-state index contributed by atoms with van der Waals surface area (Å²) >= 11 is 0. The predicted molar refractivity (Wildman–Crippen MR) is 175 cm³/mol. The molecule has 3 rings (SSSR count). The molecule has 2 aromatic carbocycles. The summed E-state index contributed by atoms with van der Waals surface area (Å²) in [7, 11) is 0. The van der Waals surface area contributed by atoms with E-state index in [0.717, 1.165) is 35.8 Å². The second-order valence-electron chi connectivity index (χ2n) is 12.7. The van der Waals surface area contributed by atoms with E-state index in [4.69, 9.17) is 9.98 Å². The van der Waals surface area contributed by atoms with Crippen molar-refractivity contribution in [1.82, 2.24) is 10.3 Å². The zero-order chi connectivity index (χ0) is 29.7. The van der Waals surface area contributed by atoms with Crippen molar-refractivity contribution in [2.75, 3.05) is 6.54 Å². The summed E-state index contributed by atoms with van der Waals surface area (Å²) in [6.45, 7) is 28.0. The van der Waals surface area contributed by atoms with E-state index >= 15 is 0 Å². The highest BCUT2D eigenvalue weighted by atomic mass is 14.9.